The molecule has 0 aliphatic rings. The van der Waals surface area contributed by atoms with Gasteiger partial charge >= 0.3 is 0 Å². The van der Waals surface area contributed by atoms with E-state index in [2.05, 4.69) is 15.3 Å². The lowest BCUT2D eigenvalue weighted by molar-refractivity contribution is -0.385. The first-order valence-electron chi connectivity index (χ1n) is 8.69. The summed E-state index contributed by atoms with van der Waals surface area (Å²) in [6.45, 7) is 0. The molecule has 0 atom stereocenters. The van der Waals surface area contributed by atoms with Gasteiger partial charge in [-0.15, -0.1) is 0 Å². The predicted octanol–water partition coefficient (Wildman–Crippen LogP) is 5.76. The van der Waals surface area contributed by atoms with Gasteiger partial charge in [0.2, 0.25) is 0 Å². The highest BCUT2D eigenvalue weighted by Crippen LogP contribution is 2.30. The summed E-state index contributed by atoms with van der Waals surface area (Å²) in [5, 5.41) is 14.9. The third kappa shape index (κ3) is 3.94. The van der Waals surface area contributed by atoms with Gasteiger partial charge in [-0.2, -0.15) is 0 Å². The largest absolute Gasteiger partial charge is 0.307 e. The maximum atomic E-state index is 13.0. The van der Waals surface area contributed by atoms with Gasteiger partial charge in [-0.05, 0) is 30.3 Å². The number of benzene rings is 2. The van der Waals surface area contributed by atoms with Crippen LogP contribution in [0.25, 0.3) is 22.2 Å². The number of carbonyl (C=O) groups excluding carboxylic acids is 1. The van der Waals surface area contributed by atoms with Crippen LogP contribution < -0.4 is 5.32 Å². The number of nitrogens with zero attached hydrogens (tertiary/aromatic N) is 3. The maximum Gasteiger partial charge on any atom is 0.287 e. The molecule has 148 valence electrons. The summed E-state index contributed by atoms with van der Waals surface area (Å²) in [4.78, 5) is 31.8. The molecule has 7 nitrogen and oxygen atoms in total. The van der Waals surface area contributed by atoms with E-state index in [4.69, 9.17) is 23.2 Å². The standard InChI is InChI=1S/C21H12Cl2N4O3/c22-16-7-5-12(9-17(16)23)19-10-15(14-3-1-2-4-18(14)25-19)21(28)26-20-8-6-13(11-24-20)27(29)30/h1-11H,(H,24,26,28). The molecule has 2 heterocycles. The topological polar surface area (TPSA) is 98.0 Å². The Labute approximate surface area is 180 Å². The van der Waals surface area contributed by atoms with Crippen molar-refractivity contribution in [1.29, 1.82) is 0 Å². The van der Waals surface area contributed by atoms with Crippen LogP contribution in [-0.2, 0) is 0 Å². The predicted molar refractivity (Wildman–Crippen MR) is 116 cm³/mol. The van der Waals surface area contributed by atoms with Gasteiger partial charge in [0.15, 0.2) is 0 Å². The second kappa shape index (κ2) is 8.06. The van der Waals surface area contributed by atoms with Gasteiger partial charge in [-0.3, -0.25) is 14.9 Å². The molecule has 9 heteroatoms. The van der Waals surface area contributed by atoms with Gasteiger partial charge in [-0.25, -0.2) is 9.97 Å². The van der Waals surface area contributed by atoms with Crippen molar-refractivity contribution >= 4 is 51.5 Å². The number of hydrogen-bond donors (Lipinski definition) is 1. The molecule has 30 heavy (non-hydrogen) atoms. The van der Waals surface area contributed by atoms with Crippen molar-refractivity contribution in [1.82, 2.24) is 9.97 Å². The summed E-state index contributed by atoms with van der Waals surface area (Å²) < 4.78 is 0. The van der Waals surface area contributed by atoms with Crippen molar-refractivity contribution in [2.24, 2.45) is 0 Å². The summed E-state index contributed by atoms with van der Waals surface area (Å²) >= 11 is 12.1. The highest BCUT2D eigenvalue weighted by Gasteiger charge is 2.16. The minimum absolute atomic E-state index is 0.163. The molecule has 2 aromatic carbocycles. The number of pyridine rings is 2. The summed E-state index contributed by atoms with van der Waals surface area (Å²) in [6.07, 6.45) is 1.08. The zero-order chi connectivity index (χ0) is 21.3. The maximum absolute atomic E-state index is 13.0. The van der Waals surface area contributed by atoms with Crippen molar-refractivity contribution in [2.45, 2.75) is 0 Å². The van der Waals surface area contributed by atoms with Crippen LogP contribution >= 0.6 is 23.2 Å². The number of nitro groups is 1. The van der Waals surface area contributed by atoms with E-state index in [0.717, 1.165) is 6.20 Å². The smallest absolute Gasteiger partial charge is 0.287 e. The molecule has 1 amide bonds. The van der Waals surface area contributed by atoms with Gasteiger partial charge in [0.25, 0.3) is 11.6 Å². The fourth-order valence-electron chi connectivity index (χ4n) is 2.92. The molecule has 0 fully saturated rings. The number of nitrogens with one attached hydrogen (secondary N) is 1. The van der Waals surface area contributed by atoms with Crippen molar-refractivity contribution in [3.05, 3.63) is 92.6 Å². The number of carbonyl (C=O) groups is 1. The van der Waals surface area contributed by atoms with E-state index in [1.54, 1.807) is 36.4 Å². The third-order valence-electron chi connectivity index (χ3n) is 4.38. The molecule has 4 aromatic rings. The molecule has 0 saturated heterocycles. The van der Waals surface area contributed by atoms with Crippen LogP contribution in [0.5, 0.6) is 0 Å². The van der Waals surface area contributed by atoms with Gasteiger partial charge < -0.3 is 5.32 Å². The van der Waals surface area contributed by atoms with Crippen LogP contribution in [0.1, 0.15) is 10.4 Å². The van der Waals surface area contributed by atoms with Crippen LogP contribution in [0, 0.1) is 10.1 Å². The van der Waals surface area contributed by atoms with Crippen LogP contribution in [-0.4, -0.2) is 20.8 Å². The summed E-state index contributed by atoms with van der Waals surface area (Å²) in [5.74, 6) is -0.223. The Bertz CT molecular complexity index is 1290. The number of hydrogen-bond acceptors (Lipinski definition) is 5. The second-order valence-electron chi connectivity index (χ2n) is 6.31. The Morgan fingerprint density at radius 1 is 1.00 bits per heavy atom. The van der Waals surface area contributed by atoms with E-state index >= 15 is 0 Å². The Morgan fingerprint density at radius 2 is 1.80 bits per heavy atom. The SMILES string of the molecule is O=C(Nc1ccc([N+](=O)[O-])cn1)c1cc(-c2ccc(Cl)c(Cl)c2)nc2ccccc12. The molecule has 2 aromatic heterocycles. The lowest BCUT2D eigenvalue weighted by Gasteiger charge is -2.11. The summed E-state index contributed by atoms with van der Waals surface area (Å²) in [7, 11) is 0. The number of rotatable bonds is 4. The molecule has 0 bridgehead atoms. The lowest BCUT2D eigenvalue weighted by atomic mass is 10.0. The molecule has 0 aliphatic carbocycles. The third-order valence-corrected chi connectivity index (χ3v) is 5.12. The first-order chi connectivity index (χ1) is 14.4. The molecule has 0 spiro atoms. The first kappa shape index (κ1) is 19.8. The zero-order valence-corrected chi connectivity index (χ0v) is 16.7. The van der Waals surface area contributed by atoms with E-state index in [1.807, 2.05) is 12.1 Å². The molecule has 0 saturated carbocycles. The molecule has 1 N–H and O–H groups in total. The van der Waals surface area contributed by atoms with E-state index in [-0.39, 0.29) is 11.5 Å². The zero-order valence-electron chi connectivity index (χ0n) is 15.2. The first-order valence-corrected chi connectivity index (χ1v) is 9.45. The Kier molecular flexibility index (Phi) is 5.31. The minimum atomic E-state index is -0.557. The monoisotopic (exact) mass is 438 g/mol. The summed E-state index contributed by atoms with van der Waals surface area (Å²) in [5.41, 5.74) is 2.10. The van der Waals surface area contributed by atoms with E-state index in [0.29, 0.717) is 37.8 Å². The number of halogens is 2. The quantitative estimate of drug-likeness (QED) is 0.322. The minimum Gasteiger partial charge on any atom is -0.307 e. The fourth-order valence-corrected chi connectivity index (χ4v) is 3.22. The summed E-state index contributed by atoms with van der Waals surface area (Å²) in [6, 6.07) is 16.6. The normalized spacial score (nSPS) is 10.7. The van der Waals surface area contributed by atoms with E-state index in [9.17, 15) is 14.9 Å². The van der Waals surface area contributed by atoms with Crippen LogP contribution in [0.4, 0.5) is 11.5 Å². The molecule has 0 aliphatic heterocycles. The highest BCUT2D eigenvalue weighted by atomic mass is 35.5. The van der Waals surface area contributed by atoms with Crippen molar-refractivity contribution in [3.63, 3.8) is 0 Å². The van der Waals surface area contributed by atoms with E-state index in [1.165, 1.54) is 12.1 Å². The van der Waals surface area contributed by atoms with Gasteiger partial charge in [0.1, 0.15) is 12.0 Å². The van der Waals surface area contributed by atoms with Crippen LogP contribution in [0.2, 0.25) is 10.0 Å². The average molecular weight is 439 g/mol. The second-order valence-corrected chi connectivity index (χ2v) is 7.13. The molecule has 0 unspecified atom stereocenters. The fraction of sp³-hybridized carbons (Fsp3) is 0. The number of fused-ring (bicyclic) bond motifs is 1. The average Bonchev–Trinajstić information content (AvgIpc) is 2.75. The van der Waals surface area contributed by atoms with Crippen LogP contribution in [0.3, 0.4) is 0 Å². The van der Waals surface area contributed by atoms with Crippen molar-refractivity contribution < 1.29 is 9.72 Å². The highest BCUT2D eigenvalue weighted by molar-refractivity contribution is 6.42. The van der Waals surface area contributed by atoms with Gasteiger partial charge in [0, 0.05) is 17.0 Å². The molecular formula is C21H12Cl2N4O3. The Morgan fingerprint density at radius 3 is 2.50 bits per heavy atom. The number of amides is 1. The van der Waals surface area contributed by atoms with Crippen molar-refractivity contribution in [2.75, 3.05) is 5.32 Å². The molecule has 4 rings (SSSR count). The van der Waals surface area contributed by atoms with E-state index < -0.39 is 10.8 Å². The number of para-hydroxylation sites is 1. The van der Waals surface area contributed by atoms with Gasteiger partial charge in [0.05, 0.1) is 31.7 Å². The lowest BCUT2D eigenvalue weighted by Crippen LogP contribution is -2.14. The molecular weight excluding hydrogens is 427 g/mol. The van der Waals surface area contributed by atoms with Gasteiger partial charge in [-0.1, -0.05) is 47.5 Å². The van der Waals surface area contributed by atoms with Crippen molar-refractivity contribution in [3.8, 4) is 11.3 Å². The van der Waals surface area contributed by atoms with Crippen LogP contribution in [0.15, 0.2) is 66.9 Å². The Balaban J connectivity index is 1.75. The molecule has 0 radical (unpaired) electrons. The Hall–Kier alpha value is -3.55. The number of aromatic nitrogens is 2. The number of anilines is 1.